The van der Waals surface area contributed by atoms with Crippen molar-refractivity contribution in [1.29, 1.82) is 0 Å². The summed E-state index contributed by atoms with van der Waals surface area (Å²) in [5.74, 6) is -0.0239. The minimum Gasteiger partial charge on any atom is -0.298 e. The topological polar surface area (TPSA) is 118 Å². The maximum atomic E-state index is 13.1. The SMILES string of the molecule is CCC(=O)n1c2cncc(c2)c2cc3c(cn2)[nH][nH]c-3c2nc3ccnc(c4ccc1s4)c3n2. The van der Waals surface area contributed by atoms with Gasteiger partial charge in [-0.2, -0.15) is 0 Å². The summed E-state index contributed by atoms with van der Waals surface area (Å²) in [5, 5.41) is 7.16. The van der Waals surface area contributed by atoms with Crippen LogP contribution in [0.5, 0.6) is 0 Å². The summed E-state index contributed by atoms with van der Waals surface area (Å²) in [7, 11) is 0. The number of carbonyl (C=O) groups excluding carboxylic acids is 1. The number of rotatable bonds is 1. The number of hydrogen-bond acceptors (Lipinski definition) is 7. The zero-order valence-corrected chi connectivity index (χ0v) is 18.7. The predicted octanol–water partition coefficient (Wildman–Crippen LogP) is 5.23. The van der Waals surface area contributed by atoms with Gasteiger partial charge in [0.1, 0.15) is 21.6 Å². The summed E-state index contributed by atoms with van der Waals surface area (Å²) in [6, 6.07) is 9.69. The van der Waals surface area contributed by atoms with Crippen LogP contribution in [0.25, 0.3) is 64.9 Å². The Balaban J connectivity index is 1.76. The van der Waals surface area contributed by atoms with Crippen molar-refractivity contribution in [3.05, 3.63) is 55.1 Å². The normalized spacial score (nSPS) is 11.9. The first-order valence-electron chi connectivity index (χ1n) is 10.8. The van der Waals surface area contributed by atoms with E-state index in [9.17, 15) is 4.79 Å². The third kappa shape index (κ3) is 2.72. The quantitative estimate of drug-likeness (QED) is 0.344. The van der Waals surface area contributed by atoms with Crippen molar-refractivity contribution in [3.63, 3.8) is 0 Å². The Morgan fingerprint density at radius 3 is 2.85 bits per heavy atom. The number of H-pyrrole nitrogens is 2. The standard InChI is InChI=1S/C24H16N8OS/c1-2-19(33)32-13-7-12(9-25-10-13)16-8-14-17(11-27-16)30-31-21(14)24-28-15-5-6-26-23(22(15)29-24)18-3-4-20(32)34-18/h3-11,30-31H,2H2,1H3. The molecule has 164 valence electrons. The third-order valence-corrected chi connectivity index (χ3v) is 7.02. The number of fused-ring (bicyclic) bond motifs is 9. The van der Waals surface area contributed by atoms with E-state index in [0.29, 0.717) is 23.1 Å². The fourth-order valence-electron chi connectivity index (χ4n) is 4.29. The fraction of sp³-hybridized carbons (Fsp3) is 0.0833. The number of carbonyl (C=O) groups is 1. The first kappa shape index (κ1) is 19.1. The highest BCUT2D eigenvalue weighted by Crippen LogP contribution is 2.31. The van der Waals surface area contributed by atoms with Gasteiger partial charge in [-0.1, -0.05) is 6.92 Å². The summed E-state index contributed by atoms with van der Waals surface area (Å²) < 4.78 is 2.62. The van der Waals surface area contributed by atoms with Gasteiger partial charge < -0.3 is 0 Å². The van der Waals surface area contributed by atoms with Crippen LogP contribution < -0.4 is 0 Å². The number of aromatic nitrogens is 8. The molecule has 8 bridgehead atoms. The summed E-state index contributed by atoms with van der Waals surface area (Å²) in [6.45, 7) is 1.85. The molecule has 7 heterocycles. The Bertz CT molecular complexity index is 1940. The van der Waals surface area contributed by atoms with Crippen LogP contribution in [0.2, 0.25) is 0 Å². The minimum absolute atomic E-state index is 0.0239. The Hall–Kier alpha value is -4.44. The average Bonchev–Trinajstić information content (AvgIpc) is 3.61. The Labute approximate surface area is 195 Å². The molecule has 0 amide bonds. The van der Waals surface area contributed by atoms with Crippen LogP contribution in [-0.4, -0.2) is 45.6 Å². The van der Waals surface area contributed by atoms with Gasteiger partial charge in [-0.25, -0.2) is 9.97 Å². The predicted molar refractivity (Wildman–Crippen MR) is 133 cm³/mol. The van der Waals surface area contributed by atoms with Crippen molar-refractivity contribution in [2.45, 2.75) is 13.3 Å². The number of aromatic amines is 2. The van der Waals surface area contributed by atoms with E-state index in [2.05, 4.69) is 25.1 Å². The van der Waals surface area contributed by atoms with Crippen LogP contribution in [0.15, 0.2) is 55.1 Å². The lowest BCUT2D eigenvalue weighted by atomic mass is 10.1. The van der Waals surface area contributed by atoms with Crippen molar-refractivity contribution in [3.8, 4) is 11.3 Å². The highest BCUT2D eigenvalue weighted by atomic mass is 32.1. The molecule has 0 spiro atoms. The first-order valence-corrected chi connectivity index (χ1v) is 11.6. The number of hydrogen-bond donors (Lipinski definition) is 2. The molecule has 34 heavy (non-hydrogen) atoms. The van der Waals surface area contributed by atoms with Gasteiger partial charge in [-0.05, 0) is 30.3 Å². The van der Waals surface area contributed by atoms with Crippen LogP contribution in [-0.2, 0) is 0 Å². The molecule has 0 unspecified atom stereocenters. The lowest BCUT2D eigenvalue weighted by molar-refractivity contribution is 0.0918. The zero-order chi connectivity index (χ0) is 22.8. The van der Waals surface area contributed by atoms with E-state index in [4.69, 9.17) is 9.97 Å². The van der Waals surface area contributed by atoms with Gasteiger partial charge in [0, 0.05) is 29.8 Å². The summed E-state index contributed by atoms with van der Waals surface area (Å²) in [5.41, 5.74) is 6.74. The monoisotopic (exact) mass is 464 g/mol. The molecule has 2 aliphatic heterocycles. The molecule has 0 radical (unpaired) electrons. The molecule has 10 heteroatoms. The number of pyridine rings is 3. The van der Waals surface area contributed by atoms with Crippen LogP contribution in [0, 0.1) is 0 Å². The average molecular weight is 465 g/mol. The maximum absolute atomic E-state index is 13.1. The van der Waals surface area contributed by atoms with Crippen LogP contribution in [0.3, 0.4) is 0 Å². The van der Waals surface area contributed by atoms with E-state index in [1.54, 1.807) is 29.4 Å². The van der Waals surface area contributed by atoms with E-state index < -0.39 is 0 Å². The van der Waals surface area contributed by atoms with Gasteiger partial charge in [-0.3, -0.25) is 34.5 Å². The van der Waals surface area contributed by atoms with E-state index in [1.807, 2.05) is 37.3 Å². The molecule has 2 N–H and O–H groups in total. The largest absolute Gasteiger partial charge is 0.298 e. The molecular formula is C24H16N8OS. The van der Waals surface area contributed by atoms with E-state index in [0.717, 1.165) is 48.2 Å². The zero-order valence-electron chi connectivity index (χ0n) is 17.9. The van der Waals surface area contributed by atoms with Crippen molar-refractivity contribution >= 4 is 70.9 Å². The molecule has 5 aromatic heterocycles. The smallest absolute Gasteiger partial charge is 0.231 e. The van der Waals surface area contributed by atoms with Crippen LogP contribution in [0.1, 0.15) is 18.1 Å². The fourth-order valence-corrected chi connectivity index (χ4v) is 5.33. The molecular weight excluding hydrogens is 448 g/mol. The van der Waals surface area contributed by atoms with Gasteiger partial charge in [0.25, 0.3) is 0 Å². The summed E-state index contributed by atoms with van der Waals surface area (Å²) in [6.07, 6.45) is 7.32. The van der Waals surface area contributed by atoms with E-state index >= 15 is 0 Å². The second-order valence-electron chi connectivity index (χ2n) is 7.97. The third-order valence-electron chi connectivity index (χ3n) is 5.94. The number of thiophene rings is 1. The van der Waals surface area contributed by atoms with Gasteiger partial charge >= 0.3 is 0 Å². The lowest BCUT2D eigenvalue weighted by Gasteiger charge is -2.06. The van der Waals surface area contributed by atoms with Crippen molar-refractivity contribution in [2.24, 2.45) is 0 Å². The first-order chi connectivity index (χ1) is 16.7. The lowest BCUT2D eigenvalue weighted by Crippen LogP contribution is -2.09. The molecule has 0 saturated carbocycles. The molecule has 9 nitrogen and oxygen atoms in total. The van der Waals surface area contributed by atoms with Gasteiger partial charge in [-0.15, -0.1) is 11.3 Å². The second kappa shape index (κ2) is 7.03. The molecule has 5 aromatic rings. The Morgan fingerprint density at radius 1 is 1.00 bits per heavy atom. The van der Waals surface area contributed by atoms with E-state index in [1.165, 1.54) is 11.3 Å². The van der Waals surface area contributed by atoms with E-state index in [-0.39, 0.29) is 5.91 Å². The van der Waals surface area contributed by atoms with Crippen LogP contribution in [0.4, 0.5) is 0 Å². The number of nitrogens with zero attached hydrogens (tertiary/aromatic N) is 6. The molecule has 2 aliphatic rings. The molecule has 0 aromatic carbocycles. The van der Waals surface area contributed by atoms with Crippen molar-refractivity contribution < 1.29 is 4.79 Å². The van der Waals surface area contributed by atoms with Gasteiger partial charge in [0.2, 0.25) is 5.91 Å². The molecule has 7 rings (SSSR count). The molecule has 0 atom stereocenters. The Kier molecular flexibility index (Phi) is 3.94. The highest BCUT2D eigenvalue weighted by molar-refractivity contribution is 7.24. The molecule has 0 aliphatic carbocycles. The number of imidazole rings is 1. The Morgan fingerprint density at radius 2 is 1.94 bits per heavy atom. The highest BCUT2D eigenvalue weighted by Gasteiger charge is 2.16. The van der Waals surface area contributed by atoms with Gasteiger partial charge in [0.05, 0.1) is 39.2 Å². The van der Waals surface area contributed by atoms with Crippen molar-refractivity contribution in [1.82, 2.24) is 39.7 Å². The summed E-state index contributed by atoms with van der Waals surface area (Å²) >= 11 is 1.49. The summed E-state index contributed by atoms with van der Waals surface area (Å²) in [4.78, 5) is 37.2. The number of nitrogens with one attached hydrogen (secondary N) is 2. The second-order valence-corrected chi connectivity index (χ2v) is 9.03. The van der Waals surface area contributed by atoms with Crippen LogP contribution >= 0.6 is 11.3 Å². The van der Waals surface area contributed by atoms with Gasteiger partial charge in [0.15, 0.2) is 5.65 Å². The maximum Gasteiger partial charge on any atom is 0.231 e. The molecule has 0 saturated heterocycles. The minimum atomic E-state index is -0.0239. The molecule has 0 fully saturated rings. The van der Waals surface area contributed by atoms with Crippen molar-refractivity contribution in [2.75, 3.05) is 0 Å².